The summed E-state index contributed by atoms with van der Waals surface area (Å²) in [6.45, 7) is 1.23. The fourth-order valence-corrected chi connectivity index (χ4v) is 5.62. The summed E-state index contributed by atoms with van der Waals surface area (Å²) in [6.07, 6.45) is 3.73. The third-order valence-electron chi connectivity index (χ3n) is 6.10. The highest BCUT2D eigenvalue weighted by Crippen LogP contribution is 2.34. The maximum atomic E-state index is 13.3. The van der Waals surface area contributed by atoms with E-state index in [4.69, 9.17) is 5.14 Å². The average molecular weight is 517 g/mol. The average Bonchev–Trinajstić information content (AvgIpc) is 3.44. The number of nitrogens with one attached hydrogen (secondary N) is 1. The Morgan fingerprint density at radius 3 is 2.74 bits per heavy atom. The van der Waals surface area contributed by atoms with Gasteiger partial charge < -0.3 is 10.4 Å². The van der Waals surface area contributed by atoms with E-state index in [0.29, 0.717) is 41.9 Å². The predicted octanol–water partition coefficient (Wildman–Crippen LogP) is 2.21. The van der Waals surface area contributed by atoms with Crippen molar-refractivity contribution >= 4 is 27.4 Å². The molecule has 0 saturated heterocycles. The van der Waals surface area contributed by atoms with Crippen molar-refractivity contribution in [1.29, 1.82) is 0 Å². The maximum Gasteiger partial charge on any atom is 0.333 e. The van der Waals surface area contributed by atoms with Crippen molar-refractivity contribution in [1.82, 2.24) is 15.3 Å². The van der Waals surface area contributed by atoms with Crippen LogP contribution in [0, 0.1) is 11.8 Å². The van der Waals surface area contributed by atoms with Crippen LogP contribution >= 0.6 is 11.3 Å². The molecule has 4 N–H and O–H groups in total. The largest absolute Gasteiger partial charge is 0.393 e. The van der Waals surface area contributed by atoms with Gasteiger partial charge in [0.15, 0.2) is 0 Å². The van der Waals surface area contributed by atoms with Crippen LogP contribution in [-0.4, -0.2) is 42.0 Å². The van der Waals surface area contributed by atoms with E-state index in [-0.39, 0.29) is 24.2 Å². The van der Waals surface area contributed by atoms with E-state index < -0.39 is 16.4 Å². The van der Waals surface area contributed by atoms with Crippen molar-refractivity contribution in [2.75, 3.05) is 6.61 Å². The quantitative estimate of drug-likeness (QED) is 0.329. The van der Waals surface area contributed by atoms with Crippen LogP contribution < -0.4 is 10.5 Å². The van der Waals surface area contributed by atoms with Gasteiger partial charge in [-0.15, -0.1) is 11.3 Å². The number of aliphatic hydroxyl groups excluding tert-OH is 1. The topological polar surface area (TPSA) is 144 Å². The summed E-state index contributed by atoms with van der Waals surface area (Å²) in [4.78, 5) is 22.3. The Hall–Kier alpha value is -2.54. The first kappa shape index (κ1) is 25.5. The number of aliphatic hydroxyl groups is 1. The zero-order valence-corrected chi connectivity index (χ0v) is 20.7. The molecule has 1 aliphatic carbocycles. The number of nitrogens with zero attached hydrogens (tertiary/aromatic N) is 2. The molecule has 3 aromatic rings. The molecule has 186 valence electrons. The smallest absolute Gasteiger partial charge is 0.333 e. The molecule has 2 heterocycles. The Labute approximate surface area is 208 Å². The molecule has 9 nitrogen and oxygen atoms in total. The van der Waals surface area contributed by atoms with Crippen molar-refractivity contribution < 1.29 is 22.5 Å². The number of thiophene rings is 1. The van der Waals surface area contributed by atoms with Gasteiger partial charge in [0.25, 0.3) is 0 Å². The SMILES string of the molecule is NS(=O)(=O)OC[C@H]1C[C@@H](Cc2ncncc2C(=O)c2cc(CNCc3ccccc3)cs2)C[C@@H]1O. The molecule has 0 spiro atoms. The normalized spacial score (nSPS) is 20.2. The summed E-state index contributed by atoms with van der Waals surface area (Å²) in [7, 11) is -4.06. The number of carbonyl (C=O) groups is 1. The van der Waals surface area contributed by atoms with Gasteiger partial charge in [0.2, 0.25) is 5.78 Å². The van der Waals surface area contributed by atoms with Gasteiger partial charge >= 0.3 is 10.3 Å². The van der Waals surface area contributed by atoms with Gasteiger partial charge in [-0.25, -0.2) is 15.1 Å². The number of hydrogen-bond acceptors (Lipinski definition) is 9. The molecule has 0 aliphatic heterocycles. The number of rotatable bonds is 11. The number of ketones is 1. The van der Waals surface area contributed by atoms with Crippen molar-refractivity contribution in [2.45, 2.75) is 38.5 Å². The zero-order chi connectivity index (χ0) is 24.8. The molecule has 2 aromatic heterocycles. The molecule has 11 heteroatoms. The second kappa shape index (κ2) is 11.5. The molecule has 3 atom stereocenters. The van der Waals surface area contributed by atoms with E-state index in [1.807, 2.05) is 29.6 Å². The molecular weight excluding hydrogens is 488 g/mol. The first-order valence-corrected chi connectivity index (χ1v) is 13.6. The van der Waals surface area contributed by atoms with E-state index in [0.717, 1.165) is 12.1 Å². The van der Waals surface area contributed by atoms with Crippen LogP contribution in [0.2, 0.25) is 0 Å². The Morgan fingerprint density at radius 1 is 1.20 bits per heavy atom. The van der Waals surface area contributed by atoms with Crippen molar-refractivity contribution in [3.05, 3.63) is 81.6 Å². The van der Waals surface area contributed by atoms with Gasteiger partial charge in [0.05, 0.1) is 28.8 Å². The van der Waals surface area contributed by atoms with E-state index >= 15 is 0 Å². The van der Waals surface area contributed by atoms with Crippen LogP contribution in [0.4, 0.5) is 0 Å². The molecule has 4 rings (SSSR count). The van der Waals surface area contributed by atoms with Crippen LogP contribution in [0.5, 0.6) is 0 Å². The molecule has 0 radical (unpaired) electrons. The summed E-state index contributed by atoms with van der Waals surface area (Å²) in [5, 5.41) is 20.6. The number of nitrogens with two attached hydrogens (primary N) is 1. The number of hydrogen-bond donors (Lipinski definition) is 3. The van der Waals surface area contributed by atoms with E-state index in [2.05, 4.69) is 31.6 Å². The van der Waals surface area contributed by atoms with Gasteiger partial charge in [-0.3, -0.25) is 8.98 Å². The van der Waals surface area contributed by atoms with Gasteiger partial charge in [0.1, 0.15) is 6.33 Å². The summed E-state index contributed by atoms with van der Waals surface area (Å²) in [6, 6.07) is 12.0. The second-order valence-corrected chi connectivity index (χ2v) is 10.9. The third kappa shape index (κ3) is 7.23. The maximum absolute atomic E-state index is 13.3. The summed E-state index contributed by atoms with van der Waals surface area (Å²) >= 11 is 1.39. The minimum absolute atomic E-state index is 0.0293. The van der Waals surface area contributed by atoms with Gasteiger partial charge in [-0.1, -0.05) is 30.3 Å². The monoisotopic (exact) mass is 516 g/mol. The molecular formula is C24H28N4O5S2. The Bertz CT molecular complexity index is 1250. The Balaban J connectivity index is 1.37. The standard InChI is InChI=1S/C24H28N4O5S2/c25-35(31,32)33-13-19-6-17(8-22(19)29)7-21-20(12-27-15-28-21)24(30)23-9-18(14-34-23)11-26-10-16-4-2-1-3-5-16/h1-5,9,12,14-15,17,19,22,26,29H,6-8,10-11,13H2,(H2,25,31,32)/t17-,19+,22-/m0/s1. The lowest BCUT2D eigenvalue weighted by Crippen LogP contribution is -2.24. The highest BCUT2D eigenvalue weighted by molar-refractivity contribution is 7.84. The van der Waals surface area contributed by atoms with Crippen LogP contribution in [-0.2, 0) is 34.0 Å². The van der Waals surface area contributed by atoms with E-state index in [9.17, 15) is 18.3 Å². The van der Waals surface area contributed by atoms with Crippen molar-refractivity contribution in [2.24, 2.45) is 17.0 Å². The first-order valence-electron chi connectivity index (χ1n) is 11.3. The number of carbonyl (C=O) groups excluding carboxylic acids is 1. The van der Waals surface area contributed by atoms with Gasteiger partial charge in [-0.2, -0.15) is 8.42 Å². The Morgan fingerprint density at radius 2 is 1.97 bits per heavy atom. The highest BCUT2D eigenvalue weighted by Gasteiger charge is 2.35. The minimum Gasteiger partial charge on any atom is -0.393 e. The lowest BCUT2D eigenvalue weighted by atomic mass is 9.96. The highest BCUT2D eigenvalue weighted by atomic mass is 32.2. The van der Waals surface area contributed by atoms with E-state index in [1.165, 1.54) is 29.4 Å². The van der Waals surface area contributed by atoms with Crippen LogP contribution in [0.25, 0.3) is 0 Å². The fourth-order valence-electron chi connectivity index (χ4n) is 4.39. The molecule has 1 aromatic carbocycles. The second-order valence-electron chi connectivity index (χ2n) is 8.77. The lowest BCUT2D eigenvalue weighted by Gasteiger charge is -2.13. The molecule has 0 amide bonds. The van der Waals surface area contributed by atoms with Gasteiger partial charge in [-0.05, 0) is 47.8 Å². The zero-order valence-electron chi connectivity index (χ0n) is 19.0. The first-order chi connectivity index (χ1) is 16.8. The van der Waals surface area contributed by atoms with Crippen molar-refractivity contribution in [3.8, 4) is 0 Å². The van der Waals surface area contributed by atoms with Gasteiger partial charge in [0, 0.05) is 25.2 Å². The molecule has 0 unspecified atom stereocenters. The number of aromatic nitrogens is 2. The summed E-state index contributed by atoms with van der Waals surface area (Å²) in [5.41, 5.74) is 3.29. The summed E-state index contributed by atoms with van der Waals surface area (Å²) < 4.78 is 26.8. The molecule has 0 bridgehead atoms. The molecule has 1 aliphatic rings. The minimum atomic E-state index is -4.06. The molecule has 35 heavy (non-hydrogen) atoms. The fraction of sp³-hybridized carbons (Fsp3) is 0.375. The third-order valence-corrected chi connectivity index (χ3v) is 7.54. The van der Waals surface area contributed by atoms with Crippen molar-refractivity contribution in [3.63, 3.8) is 0 Å². The number of benzene rings is 1. The van der Waals surface area contributed by atoms with Crippen LogP contribution in [0.15, 0.2) is 54.3 Å². The summed E-state index contributed by atoms with van der Waals surface area (Å²) in [5.74, 6) is -0.447. The van der Waals surface area contributed by atoms with Crippen LogP contribution in [0.3, 0.4) is 0 Å². The molecule has 1 fully saturated rings. The van der Waals surface area contributed by atoms with E-state index in [1.54, 1.807) is 0 Å². The molecule has 1 saturated carbocycles. The lowest BCUT2D eigenvalue weighted by molar-refractivity contribution is 0.100. The van der Waals surface area contributed by atoms with Crippen LogP contribution in [0.1, 0.15) is 44.9 Å². The predicted molar refractivity (Wildman–Crippen MR) is 132 cm³/mol. The Kier molecular flexibility index (Phi) is 8.37.